The molecule has 2 saturated heterocycles. The molecular formula is C34H46O8. The first-order valence-electron chi connectivity index (χ1n) is 16.0. The van der Waals surface area contributed by atoms with Gasteiger partial charge in [0, 0.05) is 17.8 Å². The maximum atomic E-state index is 13.0. The lowest BCUT2D eigenvalue weighted by molar-refractivity contribution is -0.159. The molecular weight excluding hydrogens is 536 g/mol. The zero-order chi connectivity index (χ0) is 30.1. The molecule has 0 aromatic heterocycles. The van der Waals surface area contributed by atoms with E-state index in [2.05, 4.69) is 6.92 Å². The van der Waals surface area contributed by atoms with E-state index in [4.69, 9.17) is 14.2 Å². The number of esters is 5. The van der Waals surface area contributed by atoms with Crippen LogP contribution in [0.25, 0.3) is 0 Å². The maximum absolute atomic E-state index is 13.0. The van der Waals surface area contributed by atoms with Gasteiger partial charge in [0.2, 0.25) is 0 Å². The fourth-order valence-corrected chi connectivity index (χ4v) is 7.26. The Morgan fingerprint density at radius 2 is 1.40 bits per heavy atom. The highest BCUT2D eigenvalue weighted by Gasteiger charge is 2.64. The summed E-state index contributed by atoms with van der Waals surface area (Å²) in [6.07, 6.45) is 15.8. The molecule has 3 aliphatic rings. The van der Waals surface area contributed by atoms with E-state index in [-0.39, 0.29) is 25.4 Å². The third kappa shape index (κ3) is 7.12. The minimum Gasteiger partial charge on any atom is -0.465 e. The molecule has 0 N–H and O–H groups in total. The Kier molecular flexibility index (Phi) is 11.3. The van der Waals surface area contributed by atoms with Gasteiger partial charge in [-0.05, 0) is 17.5 Å². The molecule has 2 aliphatic heterocycles. The Bertz CT molecular complexity index is 1140. The third-order valence-corrected chi connectivity index (χ3v) is 9.67. The van der Waals surface area contributed by atoms with Crippen molar-refractivity contribution in [1.82, 2.24) is 0 Å². The normalized spacial score (nSPS) is 26.5. The van der Waals surface area contributed by atoms with Crippen LogP contribution in [0.2, 0.25) is 0 Å². The Morgan fingerprint density at radius 1 is 0.810 bits per heavy atom. The van der Waals surface area contributed by atoms with Gasteiger partial charge in [-0.2, -0.15) is 0 Å². The van der Waals surface area contributed by atoms with E-state index in [1.807, 2.05) is 0 Å². The van der Waals surface area contributed by atoms with E-state index in [9.17, 15) is 24.0 Å². The van der Waals surface area contributed by atoms with Crippen molar-refractivity contribution in [2.45, 2.75) is 121 Å². The van der Waals surface area contributed by atoms with Gasteiger partial charge in [-0.25, -0.2) is 0 Å². The first kappa shape index (κ1) is 31.9. The van der Waals surface area contributed by atoms with Crippen molar-refractivity contribution in [1.29, 1.82) is 0 Å². The highest BCUT2D eigenvalue weighted by atomic mass is 16.6. The van der Waals surface area contributed by atoms with Gasteiger partial charge in [0.05, 0.1) is 30.8 Å². The van der Waals surface area contributed by atoms with Crippen LogP contribution in [-0.4, -0.2) is 36.5 Å². The van der Waals surface area contributed by atoms with Crippen molar-refractivity contribution in [2.75, 3.05) is 6.61 Å². The Balaban J connectivity index is 1.30. The lowest BCUT2D eigenvalue weighted by Gasteiger charge is -2.48. The second kappa shape index (κ2) is 14.9. The van der Waals surface area contributed by atoms with Crippen LogP contribution in [0.4, 0.5) is 0 Å². The van der Waals surface area contributed by atoms with Crippen LogP contribution in [0.3, 0.4) is 0 Å². The predicted octanol–water partition coefficient (Wildman–Crippen LogP) is 6.47. The molecule has 0 amide bonds. The van der Waals surface area contributed by atoms with Crippen molar-refractivity contribution in [3.05, 3.63) is 35.4 Å². The minimum atomic E-state index is -1.08. The third-order valence-electron chi connectivity index (χ3n) is 9.67. The number of rotatable bonds is 17. The highest BCUT2D eigenvalue weighted by molar-refractivity contribution is 6.01. The van der Waals surface area contributed by atoms with Gasteiger partial charge in [-0.1, -0.05) is 115 Å². The fraction of sp³-hybridized carbons (Fsp3) is 0.676. The van der Waals surface area contributed by atoms with Crippen molar-refractivity contribution in [3.63, 3.8) is 0 Å². The van der Waals surface area contributed by atoms with Gasteiger partial charge in [0.25, 0.3) is 0 Å². The number of carbonyl (C=O) groups is 5. The molecule has 42 heavy (non-hydrogen) atoms. The summed E-state index contributed by atoms with van der Waals surface area (Å²) in [5, 5.41) is 0. The van der Waals surface area contributed by atoms with Crippen LogP contribution in [0, 0.1) is 17.8 Å². The van der Waals surface area contributed by atoms with Gasteiger partial charge in [0.1, 0.15) is 0 Å². The Hall–Kier alpha value is -3.03. The lowest BCUT2D eigenvalue weighted by atomic mass is 9.52. The molecule has 8 nitrogen and oxygen atoms in total. The number of benzene rings is 1. The van der Waals surface area contributed by atoms with Gasteiger partial charge < -0.3 is 14.2 Å². The largest absolute Gasteiger partial charge is 0.465 e. The van der Waals surface area contributed by atoms with Gasteiger partial charge >= 0.3 is 29.8 Å². The molecule has 0 saturated carbocycles. The molecule has 1 aromatic rings. The number of unbranched alkanes of at least 4 members (excludes halogenated alkanes) is 12. The first-order chi connectivity index (χ1) is 20.3. The fourth-order valence-electron chi connectivity index (χ4n) is 7.26. The molecule has 5 unspecified atom stereocenters. The highest BCUT2D eigenvalue weighted by Crippen LogP contribution is 2.57. The molecule has 4 rings (SSSR count). The summed E-state index contributed by atoms with van der Waals surface area (Å²) in [7, 11) is 0. The van der Waals surface area contributed by atoms with Crippen LogP contribution in [0.15, 0.2) is 24.3 Å². The quantitative estimate of drug-likeness (QED) is 0.0889. The summed E-state index contributed by atoms with van der Waals surface area (Å²) in [4.78, 5) is 63.5. The minimum absolute atomic E-state index is 0.145. The second-order valence-corrected chi connectivity index (χ2v) is 12.4. The zero-order valence-electron chi connectivity index (χ0n) is 25.2. The zero-order valence-corrected chi connectivity index (χ0v) is 25.2. The number of fused-ring (bicyclic) bond motifs is 3. The number of hydrogen-bond donors (Lipinski definition) is 0. The van der Waals surface area contributed by atoms with Crippen molar-refractivity contribution in [2.24, 2.45) is 17.8 Å². The summed E-state index contributed by atoms with van der Waals surface area (Å²) < 4.78 is 15.7. The molecule has 2 fully saturated rings. The smallest absolute Gasteiger partial charge is 0.321 e. The lowest BCUT2D eigenvalue weighted by Crippen LogP contribution is -2.53. The van der Waals surface area contributed by atoms with E-state index >= 15 is 0 Å². The van der Waals surface area contributed by atoms with Crippen molar-refractivity contribution in [3.8, 4) is 0 Å². The molecule has 8 heteroatoms. The Labute approximate surface area is 249 Å². The summed E-state index contributed by atoms with van der Waals surface area (Å²) in [5.41, 5.74) is 0.190. The second-order valence-electron chi connectivity index (χ2n) is 12.4. The number of carbonyl (C=O) groups excluding carboxylic acids is 5. The molecule has 1 aliphatic carbocycles. The maximum Gasteiger partial charge on any atom is 0.321 e. The number of ether oxygens (including phenoxy) is 3. The summed E-state index contributed by atoms with van der Waals surface area (Å²) in [6.45, 7) is 3.88. The van der Waals surface area contributed by atoms with Gasteiger partial charge in [-0.3, -0.25) is 24.0 Å². The SMILES string of the molecule is CCCCCCCCCCCCCCCC(=O)OCC1C2C(=O)OC(=O)C2c2ccccc2C1(C)C1CC(=O)OC1=O. The molecule has 0 radical (unpaired) electrons. The van der Waals surface area contributed by atoms with Crippen LogP contribution >= 0.6 is 0 Å². The molecule has 0 bridgehead atoms. The van der Waals surface area contributed by atoms with Crippen molar-refractivity contribution < 1.29 is 38.2 Å². The van der Waals surface area contributed by atoms with Gasteiger partial charge in [0.15, 0.2) is 0 Å². The van der Waals surface area contributed by atoms with E-state index in [1.165, 1.54) is 64.2 Å². The average molecular weight is 583 g/mol. The number of cyclic esters (lactones) is 4. The van der Waals surface area contributed by atoms with Gasteiger partial charge in [-0.15, -0.1) is 0 Å². The summed E-state index contributed by atoms with van der Waals surface area (Å²) in [6, 6.07) is 7.12. The van der Waals surface area contributed by atoms with Crippen molar-refractivity contribution >= 4 is 29.8 Å². The number of hydrogen-bond acceptors (Lipinski definition) is 8. The topological polar surface area (TPSA) is 113 Å². The molecule has 230 valence electrons. The van der Waals surface area contributed by atoms with Crippen LogP contribution in [0.5, 0.6) is 0 Å². The average Bonchev–Trinajstić information content (AvgIpc) is 3.47. The standard InChI is InChI=1S/C34H46O8/c1-3-4-5-6-7-8-9-10-11-12-13-14-15-20-27(35)40-22-26-30-29(32(38)42-33(30)39)23-18-16-17-19-24(23)34(26,2)25-21-28(36)41-31(25)37/h16-19,25-26,29-30H,3-15,20-22H2,1-2H3. The van der Waals surface area contributed by atoms with Crippen LogP contribution in [-0.2, 0) is 43.6 Å². The summed E-state index contributed by atoms with van der Waals surface area (Å²) in [5.74, 6) is -6.40. The van der Waals surface area contributed by atoms with Crippen LogP contribution in [0.1, 0.15) is 127 Å². The van der Waals surface area contributed by atoms with E-state index in [0.717, 1.165) is 19.3 Å². The first-order valence-corrected chi connectivity index (χ1v) is 16.0. The van der Waals surface area contributed by atoms with E-state index in [0.29, 0.717) is 11.1 Å². The molecule has 0 spiro atoms. The summed E-state index contributed by atoms with van der Waals surface area (Å²) >= 11 is 0. The van der Waals surface area contributed by atoms with E-state index < -0.39 is 53.0 Å². The Morgan fingerprint density at radius 3 is 2.00 bits per heavy atom. The molecule has 5 atom stereocenters. The predicted molar refractivity (Wildman–Crippen MR) is 155 cm³/mol. The van der Waals surface area contributed by atoms with E-state index in [1.54, 1.807) is 31.2 Å². The molecule has 1 aromatic carbocycles. The monoisotopic (exact) mass is 582 g/mol. The molecule has 2 heterocycles. The van der Waals surface area contributed by atoms with Crippen LogP contribution < -0.4 is 0 Å².